The van der Waals surface area contributed by atoms with E-state index in [2.05, 4.69) is 35.4 Å². The number of hydrogen-bond donors (Lipinski definition) is 1. The second-order valence-electron chi connectivity index (χ2n) is 3.75. The van der Waals surface area contributed by atoms with E-state index in [4.69, 9.17) is 11.6 Å². The highest BCUT2D eigenvalue weighted by Gasteiger charge is 2.06. The first-order chi connectivity index (χ1) is 7.02. The minimum atomic E-state index is 0.472. The molecular formula is C11H16ClN3. The predicted molar refractivity (Wildman–Crippen MR) is 64.4 cm³/mol. The lowest BCUT2D eigenvalue weighted by Crippen LogP contribution is -2.06. The Labute approximate surface area is 95.6 Å². The minimum Gasteiger partial charge on any atom is -0.365 e. The number of hydrogen-bond acceptors (Lipinski definition) is 3. The van der Waals surface area contributed by atoms with Crippen molar-refractivity contribution in [2.24, 2.45) is 0 Å². The maximum atomic E-state index is 5.86. The highest BCUT2D eigenvalue weighted by Crippen LogP contribution is 2.20. The maximum Gasteiger partial charge on any atom is 0.155 e. The van der Waals surface area contributed by atoms with Gasteiger partial charge in [0, 0.05) is 6.54 Å². The van der Waals surface area contributed by atoms with Crippen LogP contribution >= 0.6 is 11.6 Å². The Morgan fingerprint density at radius 3 is 2.53 bits per heavy atom. The summed E-state index contributed by atoms with van der Waals surface area (Å²) in [4.78, 5) is 0. The van der Waals surface area contributed by atoms with Gasteiger partial charge in [-0.3, -0.25) is 0 Å². The second-order valence-corrected chi connectivity index (χ2v) is 4.11. The molecule has 0 radical (unpaired) electrons. The maximum absolute atomic E-state index is 5.86. The lowest BCUT2D eigenvalue weighted by atomic mass is 10.2. The van der Waals surface area contributed by atoms with E-state index in [1.54, 1.807) is 0 Å². The molecule has 0 atom stereocenters. The monoisotopic (exact) mass is 225 g/mol. The van der Waals surface area contributed by atoms with Crippen LogP contribution < -0.4 is 5.32 Å². The number of rotatable bonds is 3. The van der Waals surface area contributed by atoms with E-state index < -0.39 is 0 Å². The molecule has 0 bridgehead atoms. The molecule has 1 heterocycles. The molecule has 0 amide bonds. The first-order valence-corrected chi connectivity index (χ1v) is 5.26. The fourth-order valence-corrected chi connectivity index (χ4v) is 1.28. The van der Waals surface area contributed by atoms with Crippen molar-refractivity contribution in [3.8, 4) is 0 Å². The standard InChI is InChI=1S/C11H16ClN3/c1-7(2)5-6-13-11-9(4)8(3)10(12)14-15-11/h5H,6H2,1-4H3,(H,13,15). The first-order valence-electron chi connectivity index (χ1n) is 4.89. The second kappa shape index (κ2) is 5.12. The van der Waals surface area contributed by atoms with Gasteiger partial charge in [-0.05, 0) is 38.8 Å². The largest absolute Gasteiger partial charge is 0.365 e. The summed E-state index contributed by atoms with van der Waals surface area (Å²) in [6.07, 6.45) is 2.10. The van der Waals surface area contributed by atoms with Gasteiger partial charge in [0.25, 0.3) is 0 Å². The Bertz CT molecular complexity index is 382. The zero-order chi connectivity index (χ0) is 11.4. The van der Waals surface area contributed by atoms with Crippen LogP contribution in [-0.2, 0) is 0 Å². The van der Waals surface area contributed by atoms with Gasteiger partial charge in [0.1, 0.15) is 0 Å². The molecule has 0 aliphatic rings. The van der Waals surface area contributed by atoms with Crippen molar-refractivity contribution in [1.82, 2.24) is 10.2 Å². The average Bonchev–Trinajstić information content (AvgIpc) is 2.18. The van der Waals surface area contributed by atoms with Crippen molar-refractivity contribution in [3.05, 3.63) is 27.9 Å². The Morgan fingerprint density at radius 2 is 1.93 bits per heavy atom. The molecule has 0 aromatic carbocycles. The first kappa shape index (κ1) is 12.0. The van der Waals surface area contributed by atoms with Crippen LogP contribution in [0.5, 0.6) is 0 Å². The van der Waals surface area contributed by atoms with Crippen molar-refractivity contribution < 1.29 is 0 Å². The molecule has 1 rings (SSSR count). The molecule has 0 saturated heterocycles. The minimum absolute atomic E-state index is 0.472. The molecule has 82 valence electrons. The molecule has 0 spiro atoms. The zero-order valence-electron chi connectivity index (χ0n) is 9.56. The van der Waals surface area contributed by atoms with Gasteiger partial charge in [-0.15, -0.1) is 10.2 Å². The average molecular weight is 226 g/mol. The molecule has 0 aliphatic carbocycles. The highest BCUT2D eigenvalue weighted by molar-refractivity contribution is 6.30. The summed E-state index contributed by atoms with van der Waals surface area (Å²) in [7, 11) is 0. The van der Waals surface area contributed by atoms with E-state index in [0.29, 0.717) is 5.15 Å². The lowest BCUT2D eigenvalue weighted by molar-refractivity contribution is 0.988. The smallest absolute Gasteiger partial charge is 0.155 e. The molecule has 0 saturated carbocycles. The number of halogens is 1. The van der Waals surface area contributed by atoms with Crippen molar-refractivity contribution in [2.75, 3.05) is 11.9 Å². The molecule has 3 nitrogen and oxygen atoms in total. The topological polar surface area (TPSA) is 37.8 Å². The summed E-state index contributed by atoms with van der Waals surface area (Å²) in [6.45, 7) is 8.82. The summed E-state index contributed by atoms with van der Waals surface area (Å²) in [5.74, 6) is 0.800. The third-order valence-corrected chi connectivity index (χ3v) is 2.60. The fourth-order valence-electron chi connectivity index (χ4n) is 1.10. The van der Waals surface area contributed by atoms with Crippen molar-refractivity contribution in [2.45, 2.75) is 27.7 Å². The van der Waals surface area contributed by atoms with Crippen molar-refractivity contribution in [3.63, 3.8) is 0 Å². The SMILES string of the molecule is CC(C)=CCNc1nnc(Cl)c(C)c1C. The Morgan fingerprint density at radius 1 is 1.27 bits per heavy atom. The number of nitrogens with one attached hydrogen (secondary N) is 1. The van der Waals surface area contributed by atoms with Crippen LogP contribution in [0.2, 0.25) is 5.15 Å². The molecule has 1 N–H and O–H groups in total. The third-order valence-electron chi connectivity index (χ3n) is 2.24. The molecule has 0 aliphatic heterocycles. The normalized spacial score (nSPS) is 9.93. The van der Waals surface area contributed by atoms with Crippen LogP contribution in [0.25, 0.3) is 0 Å². The Balaban J connectivity index is 2.79. The van der Waals surface area contributed by atoms with Gasteiger partial charge in [0.15, 0.2) is 11.0 Å². The summed E-state index contributed by atoms with van der Waals surface area (Å²) in [6, 6.07) is 0. The molecule has 0 unspecified atom stereocenters. The van der Waals surface area contributed by atoms with Gasteiger partial charge >= 0.3 is 0 Å². The van der Waals surface area contributed by atoms with Crippen LogP contribution in [0.15, 0.2) is 11.6 Å². The molecule has 4 heteroatoms. The Kier molecular flexibility index (Phi) is 4.09. The van der Waals surface area contributed by atoms with Gasteiger partial charge in [0.05, 0.1) is 0 Å². The van der Waals surface area contributed by atoms with E-state index in [1.807, 2.05) is 13.8 Å². The van der Waals surface area contributed by atoms with Crippen LogP contribution in [-0.4, -0.2) is 16.7 Å². The molecular weight excluding hydrogens is 210 g/mol. The molecule has 1 aromatic rings. The Hall–Kier alpha value is -1.09. The zero-order valence-corrected chi connectivity index (χ0v) is 10.3. The third kappa shape index (κ3) is 3.20. The van der Waals surface area contributed by atoms with Gasteiger partial charge < -0.3 is 5.32 Å². The van der Waals surface area contributed by atoms with Crippen LogP contribution in [0.4, 0.5) is 5.82 Å². The predicted octanol–water partition coefficient (Wildman–Crippen LogP) is 3.12. The lowest BCUT2D eigenvalue weighted by Gasteiger charge is -2.08. The number of aromatic nitrogens is 2. The van der Waals surface area contributed by atoms with E-state index in [0.717, 1.165) is 23.5 Å². The molecule has 15 heavy (non-hydrogen) atoms. The van der Waals surface area contributed by atoms with Gasteiger partial charge in [-0.25, -0.2) is 0 Å². The highest BCUT2D eigenvalue weighted by atomic mass is 35.5. The van der Waals surface area contributed by atoms with Crippen molar-refractivity contribution in [1.29, 1.82) is 0 Å². The summed E-state index contributed by atoms with van der Waals surface area (Å²) in [5, 5.41) is 11.6. The van der Waals surface area contributed by atoms with E-state index in [1.165, 1.54) is 5.57 Å². The summed E-state index contributed by atoms with van der Waals surface area (Å²) < 4.78 is 0. The van der Waals surface area contributed by atoms with E-state index in [9.17, 15) is 0 Å². The van der Waals surface area contributed by atoms with Gasteiger partial charge in [-0.1, -0.05) is 23.3 Å². The molecule has 1 aromatic heterocycles. The number of nitrogens with zero attached hydrogens (tertiary/aromatic N) is 2. The van der Waals surface area contributed by atoms with E-state index >= 15 is 0 Å². The quantitative estimate of drug-likeness (QED) is 0.804. The fraction of sp³-hybridized carbons (Fsp3) is 0.455. The van der Waals surface area contributed by atoms with Crippen molar-refractivity contribution >= 4 is 17.4 Å². The van der Waals surface area contributed by atoms with E-state index in [-0.39, 0.29) is 0 Å². The number of anilines is 1. The summed E-state index contributed by atoms with van der Waals surface area (Å²) in [5.41, 5.74) is 3.31. The van der Waals surface area contributed by atoms with Gasteiger partial charge in [0.2, 0.25) is 0 Å². The number of allylic oxidation sites excluding steroid dienone is 1. The van der Waals surface area contributed by atoms with Gasteiger partial charge in [-0.2, -0.15) is 0 Å². The van der Waals surface area contributed by atoms with Crippen LogP contribution in [0.1, 0.15) is 25.0 Å². The van der Waals surface area contributed by atoms with Crippen LogP contribution in [0.3, 0.4) is 0 Å². The molecule has 0 fully saturated rings. The van der Waals surface area contributed by atoms with Crippen LogP contribution in [0, 0.1) is 13.8 Å². The summed E-state index contributed by atoms with van der Waals surface area (Å²) >= 11 is 5.86.